The fourth-order valence-corrected chi connectivity index (χ4v) is 2.22. The molecular formula is C14H15BrN2. The maximum atomic E-state index is 4.46. The van der Waals surface area contributed by atoms with E-state index in [-0.39, 0.29) is 0 Å². The molecular weight excluding hydrogens is 276 g/mol. The zero-order valence-corrected chi connectivity index (χ0v) is 11.8. The van der Waals surface area contributed by atoms with Crippen LogP contribution < -0.4 is 4.90 Å². The van der Waals surface area contributed by atoms with Crippen molar-refractivity contribution in [2.45, 2.75) is 13.8 Å². The van der Waals surface area contributed by atoms with Crippen molar-refractivity contribution in [3.05, 3.63) is 52.1 Å². The molecule has 0 unspecified atom stereocenters. The Kier molecular flexibility index (Phi) is 3.48. The molecule has 2 nitrogen and oxygen atoms in total. The van der Waals surface area contributed by atoms with Gasteiger partial charge in [-0.1, -0.05) is 17.7 Å². The summed E-state index contributed by atoms with van der Waals surface area (Å²) in [6.07, 6.45) is 1.83. The number of hydrogen-bond donors (Lipinski definition) is 0. The minimum atomic E-state index is 0.983. The van der Waals surface area contributed by atoms with Crippen LogP contribution >= 0.6 is 15.9 Å². The van der Waals surface area contributed by atoms with Gasteiger partial charge in [0.25, 0.3) is 0 Å². The Hall–Kier alpha value is -1.35. The third kappa shape index (κ3) is 2.67. The SMILES string of the molecule is Cc1ccc(N(C)c2ncc(Br)cc2C)cc1. The van der Waals surface area contributed by atoms with Crippen LogP contribution in [-0.2, 0) is 0 Å². The predicted octanol–water partition coefficient (Wildman–Crippen LogP) is 4.23. The number of anilines is 2. The molecule has 0 bridgehead atoms. The molecule has 0 atom stereocenters. The third-order valence-electron chi connectivity index (χ3n) is 2.76. The first-order chi connectivity index (χ1) is 8.08. The standard InChI is InChI=1S/C14H15BrN2/c1-10-4-6-13(7-5-10)17(3)14-11(2)8-12(15)9-16-14/h4-9H,1-3H3. The van der Waals surface area contributed by atoms with Crippen molar-refractivity contribution in [2.75, 3.05) is 11.9 Å². The van der Waals surface area contributed by atoms with Crippen molar-refractivity contribution in [1.82, 2.24) is 4.98 Å². The van der Waals surface area contributed by atoms with Gasteiger partial charge < -0.3 is 4.90 Å². The van der Waals surface area contributed by atoms with Crippen LogP contribution in [-0.4, -0.2) is 12.0 Å². The quantitative estimate of drug-likeness (QED) is 0.823. The fourth-order valence-electron chi connectivity index (χ4n) is 1.78. The first kappa shape index (κ1) is 12.1. The number of nitrogens with zero attached hydrogens (tertiary/aromatic N) is 2. The predicted molar refractivity (Wildman–Crippen MR) is 75.9 cm³/mol. The van der Waals surface area contributed by atoms with E-state index < -0.39 is 0 Å². The van der Waals surface area contributed by atoms with E-state index in [0.29, 0.717) is 0 Å². The Labute approximate surface area is 110 Å². The summed E-state index contributed by atoms with van der Waals surface area (Å²) < 4.78 is 1.01. The molecule has 88 valence electrons. The minimum Gasteiger partial charge on any atom is -0.329 e. The summed E-state index contributed by atoms with van der Waals surface area (Å²) >= 11 is 3.43. The molecule has 0 spiro atoms. The smallest absolute Gasteiger partial charge is 0.135 e. The Morgan fingerprint density at radius 1 is 1.12 bits per heavy atom. The lowest BCUT2D eigenvalue weighted by molar-refractivity contribution is 1.10. The topological polar surface area (TPSA) is 16.1 Å². The Balaban J connectivity index is 2.36. The zero-order chi connectivity index (χ0) is 12.4. The van der Waals surface area contributed by atoms with Crippen LogP contribution in [0.5, 0.6) is 0 Å². The number of hydrogen-bond acceptors (Lipinski definition) is 2. The van der Waals surface area contributed by atoms with Gasteiger partial charge in [0.1, 0.15) is 5.82 Å². The molecule has 0 aliphatic carbocycles. The summed E-state index contributed by atoms with van der Waals surface area (Å²) in [5.74, 6) is 0.983. The van der Waals surface area contributed by atoms with Gasteiger partial charge in [0, 0.05) is 23.4 Å². The van der Waals surface area contributed by atoms with Gasteiger partial charge in [0.15, 0.2) is 0 Å². The second-order valence-corrected chi connectivity index (χ2v) is 5.10. The molecule has 0 aliphatic rings. The number of aryl methyl sites for hydroxylation is 2. The van der Waals surface area contributed by atoms with Gasteiger partial charge >= 0.3 is 0 Å². The van der Waals surface area contributed by atoms with Crippen molar-refractivity contribution >= 4 is 27.4 Å². The van der Waals surface area contributed by atoms with E-state index in [0.717, 1.165) is 21.5 Å². The van der Waals surface area contributed by atoms with Gasteiger partial charge in [-0.25, -0.2) is 4.98 Å². The van der Waals surface area contributed by atoms with Crippen molar-refractivity contribution in [3.63, 3.8) is 0 Å². The second-order valence-electron chi connectivity index (χ2n) is 4.19. The van der Waals surface area contributed by atoms with Crippen LogP contribution in [0.3, 0.4) is 0 Å². The van der Waals surface area contributed by atoms with Gasteiger partial charge in [0.05, 0.1) is 0 Å². The molecule has 1 heterocycles. The molecule has 0 aliphatic heterocycles. The highest BCUT2D eigenvalue weighted by atomic mass is 79.9. The van der Waals surface area contributed by atoms with Gasteiger partial charge in [-0.3, -0.25) is 0 Å². The van der Waals surface area contributed by atoms with E-state index in [1.54, 1.807) is 0 Å². The molecule has 1 aromatic carbocycles. The largest absolute Gasteiger partial charge is 0.329 e. The molecule has 3 heteroatoms. The molecule has 2 aromatic rings. The Bertz CT molecular complexity index is 520. The average molecular weight is 291 g/mol. The van der Waals surface area contributed by atoms with Crippen molar-refractivity contribution in [1.29, 1.82) is 0 Å². The van der Waals surface area contributed by atoms with Crippen LogP contribution in [0.15, 0.2) is 41.0 Å². The third-order valence-corrected chi connectivity index (χ3v) is 3.19. The van der Waals surface area contributed by atoms with Gasteiger partial charge in [0.2, 0.25) is 0 Å². The van der Waals surface area contributed by atoms with E-state index in [9.17, 15) is 0 Å². The minimum absolute atomic E-state index is 0.983. The highest BCUT2D eigenvalue weighted by molar-refractivity contribution is 9.10. The van der Waals surface area contributed by atoms with E-state index in [1.165, 1.54) is 5.56 Å². The normalized spacial score (nSPS) is 10.4. The van der Waals surface area contributed by atoms with E-state index in [1.807, 2.05) is 13.2 Å². The number of rotatable bonds is 2. The van der Waals surface area contributed by atoms with Crippen molar-refractivity contribution in [2.24, 2.45) is 0 Å². The van der Waals surface area contributed by atoms with Gasteiger partial charge in [-0.15, -0.1) is 0 Å². The monoisotopic (exact) mass is 290 g/mol. The van der Waals surface area contributed by atoms with Crippen LogP contribution in [0.25, 0.3) is 0 Å². The molecule has 0 radical (unpaired) electrons. The maximum absolute atomic E-state index is 4.46. The highest BCUT2D eigenvalue weighted by Crippen LogP contribution is 2.26. The van der Waals surface area contributed by atoms with E-state index >= 15 is 0 Å². The van der Waals surface area contributed by atoms with Crippen molar-refractivity contribution in [3.8, 4) is 0 Å². The van der Waals surface area contributed by atoms with Crippen molar-refractivity contribution < 1.29 is 0 Å². The lowest BCUT2D eigenvalue weighted by Gasteiger charge is -2.20. The summed E-state index contributed by atoms with van der Waals surface area (Å²) in [6.45, 7) is 4.16. The second kappa shape index (κ2) is 4.88. The lowest BCUT2D eigenvalue weighted by atomic mass is 10.2. The Morgan fingerprint density at radius 2 is 1.76 bits per heavy atom. The first-order valence-electron chi connectivity index (χ1n) is 5.50. The van der Waals surface area contributed by atoms with Crippen LogP contribution in [0.2, 0.25) is 0 Å². The summed E-state index contributed by atoms with van der Waals surface area (Å²) in [6, 6.07) is 10.5. The molecule has 0 saturated heterocycles. The molecule has 0 fully saturated rings. The summed E-state index contributed by atoms with van der Waals surface area (Å²) in [4.78, 5) is 6.55. The zero-order valence-electron chi connectivity index (χ0n) is 10.2. The number of benzene rings is 1. The van der Waals surface area contributed by atoms with Crippen LogP contribution in [0.4, 0.5) is 11.5 Å². The summed E-state index contributed by atoms with van der Waals surface area (Å²) in [5.41, 5.74) is 3.57. The number of aromatic nitrogens is 1. The Morgan fingerprint density at radius 3 is 2.35 bits per heavy atom. The molecule has 0 N–H and O–H groups in total. The number of halogens is 1. The first-order valence-corrected chi connectivity index (χ1v) is 6.30. The highest BCUT2D eigenvalue weighted by Gasteiger charge is 2.08. The average Bonchev–Trinajstić information content (AvgIpc) is 2.29. The van der Waals surface area contributed by atoms with Crippen LogP contribution in [0, 0.1) is 13.8 Å². The maximum Gasteiger partial charge on any atom is 0.135 e. The summed E-state index contributed by atoms with van der Waals surface area (Å²) in [7, 11) is 2.04. The van der Waals surface area contributed by atoms with Gasteiger partial charge in [-0.2, -0.15) is 0 Å². The van der Waals surface area contributed by atoms with Crippen LogP contribution in [0.1, 0.15) is 11.1 Å². The molecule has 1 aromatic heterocycles. The molecule has 0 amide bonds. The molecule has 2 rings (SSSR count). The van der Waals surface area contributed by atoms with E-state index in [4.69, 9.17) is 0 Å². The molecule has 17 heavy (non-hydrogen) atoms. The number of pyridine rings is 1. The fraction of sp³-hybridized carbons (Fsp3) is 0.214. The lowest BCUT2D eigenvalue weighted by Crippen LogP contribution is -2.12. The van der Waals surface area contributed by atoms with Gasteiger partial charge in [-0.05, 0) is 53.5 Å². The molecule has 0 saturated carbocycles. The summed E-state index contributed by atoms with van der Waals surface area (Å²) in [5, 5.41) is 0. The van der Waals surface area contributed by atoms with E-state index in [2.05, 4.69) is 70.0 Å².